The topological polar surface area (TPSA) is 95.9 Å². The van der Waals surface area contributed by atoms with Crippen LogP contribution in [0, 0.1) is 0 Å². The minimum atomic E-state index is -0.672. The fourth-order valence-electron chi connectivity index (χ4n) is 9.45. The highest BCUT2D eigenvalue weighted by molar-refractivity contribution is 5.76. The monoisotopic (exact) mass is 932 g/mol. The van der Waals surface area contributed by atoms with E-state index in [2.05, 4.69) is 31.3 Å². The summed E-state index contributed by atoms with van der Waals surface area (Å²) in [5.74, 6) is -0.0541. The van der Waals surface area contributed by atoms with E-state index in [1.165, 1.54) is 250 Å². The average molecular weight is 933 g/mol. The molecule has 6 heteroatoms. The zero-order valence-corrected chi connectivity index (χ0v) is 44.7. The number of esters is 1. The minimum absolute atomic E-state index is 0.0122. The predicted octanol–water partition coefficient (Wildman–Crippen LogP) is 18.5. The van der Waals surface area contributed by atoms with Crippen LogP contribution in [-0.2, 0) is 14.3 Å². The molecule has 0 aromatic heterocycles. The van der Waals surface area contributed by atoms with Crippen LogP contribution in [0.5, 0.6) is 0 Å². The molecule has 0 radical (unpaired) electrons. The lowest BCUT2D eigenvalue weighted by Crippen LogP contribution is -2.45. The Bertz CT molecular complexity index is 986. The molecular weight excluding hydrogens is 815 g/mol. The standard InChI is InChI=1S/C60H117NO5/c1-3-5-7-9-11-13-15-16-17-18-19-20-21-22-23-24-25-26-29-33-36-40-44-48-52-58(63)57(56-62)61-59(64)53-49-45-41-37-34-30-27-28-31-35-39-43-47-51-55-66-60(65)54-50-46-42-38-32-14-12-10-8-6-4-2/h10,12,57-58,62-63H,3-9,11,13-56H2,1-2H3,(H,61,64)/b12-10-. The van der Waals surface area contributed by atoms with Gasteiger partial charge in [-0.3, -0.25) is 9.59 Å². The maximum absolute atomic E-state index is 12.5. The number of unbranched alkanes of at least 4 members (excludes halogenated alkanes) is 43. The highest BCUT2D eigenvalue weighted by Gasteiger charge is 2.20. The van der Waals surface area contributed by atoms with E-state index in [-0.39, 0.29) is 18.5 Å². The first kappa shape index (κ1) is 64.6. The second-order valence-corrected chi connectivity index (χ2v) is 20.7. The van der Waals surface area contributed by atoms with Gasteiger partial charge in [0.25, 0.3) is 0 Å². The van der Waals surface area contributed by atoms with E-state index in [0.29, 0.717) is 25.9 Å². The molecule has 3 N–H and O–H groups in total. The minimum Gasteiger partial charge on any atom is -0.466 e. The van der Waals surface area contributed by atoms with Crippen LogP contribution in [0.25, 0.3) is 0 Å². The van der Waals surface area contributed by atoms with E-state index in [9.17, 15) is 19.8 Å². The molecule has 0 aromatic carbocycles. The molecule has 392 valence electrons. The summed E-state index contributed by atoms with van der Waals surface area (Å²) >= 11 is 0. The van der Waals surface area contributed by atoms with Crippen molar-refractivity contribution in [1.29, 1.82) is 0 Å². The number of rotatable bonds is 56. The smallest absolute Gasteiger partial charge is 0.305 e. The molecule has 0 saturated heterocycles. The fourth-order valence-corrected chi connectivity index (χ4v) is 9.45. The van der Waals surface area contributed by atoms with Crippen molar-refractivity contribution in [2.24, 2.45) is 0 Å². The summed E-state index contributed by atoms with van der Waals surface area (Å²) in [5, 5.41) is 23.4. The van der Waals surface area contributed by atoms with Crippen LogP contribution in [0.15, 0.2) is 12.2 Å². The van der Waals surface area contributed by atoms with E-state index < -0.39 is 12.1 Å². The van der Waals surface area contributed by atoms with Crippen molar-refractivity contribution >= 4 is 11.9 Å². The molecule has 0 aliphatic carbocycles. The third kappa shape index (κ3) is 52.0. The number of nitrogens with one attached hydrogen (secondary N) is 1. The molecule has 0 rings (SSSR count). The fraction of sp³-hybridized carbons (Fsp3) is 0.933. The lowest BCUT2D eigenvalue weighted by molar-refractivity contribution is -0.143. The molecule has 66 heavy (non-hydrogen) atoms. The Morgan fingerprint density at radius 2 is 0.727 bits per heavy atom. The van der Waals surface area contributed by atoms with Crippen molar-refractivity contribution in [2.45, 2.75) is 347 Å². The summed E-state index contributed by atoms with van der Waals surface area (Å²) in [5.41, 5.74) is 0. The van der Waals surface area contributed by atoms with Crippen molar-refractivity contribution in [3.05, 3.63) is 12.2 Å². The Balaban J connectivity index is 3.43. The first-order valence-electron chi connectivity index (χ1n) is 29.9. The van der Waals surface area contributed by atoms with E-state index in [1.54, 1.807) is 0 Å². The molecule has 6 nitrogen and oxygen atoms in total. The maximum atomic E-state index is 12.5. The number of carbonyl (C=O) groups excluding carboxylic acids is 2. The number of ether oxygens (including phenoxy) is 1. The first-order valence-corrected chi connectivity index (χ1v) is 29.9. The van der Waals surface area contributed by atoms with E-state index in [1.807, 2.05) is 0 Å². The molecule has 0 bridgehead atoms. The number of allylic oxidation sites excluding steroid dienone is 2. The van der Waals surface area contributed by atoms with Gasteiger partial charge >= 0.3 is 5.97 Å². The van der Waals surface area contributed by atoms with Gasteiger partial charge in [0.15, 0.2) is 0 Å². The number of hydrogen-bond acceptors (Lipinski definition) is 5. The zero-order chi connectivity index (χ0) is 47.9. The summed E-state index contributed by atoms with van der Waals surface area (Å²) in [6, 6.07) is -0.550. The van der Waals surface area contributed by atoms with Crippen molar-refractivity contribution in [1.82, 2.24) is 5.32 Å². The SMILES string of the molecule is CCCC/C=C\CCCCCCCC(=O)OCCCCCCCCCCCCCCCCC(=O)NC(CO)C(O)CCCCCCCCCCCCCCCCCCCCCCCCCC. The highest BCUT2D eigenvalue weighted by Crippen LogP contribution is 2.18. The lowest BCUT2D eigenvalue weighted by atomic mass is 10.0. The molecule has 2 atom stereocenters. The van der Waals surface area contributed by atoms with Gasteiger partial charge in [0.1, 0.15) is 0 Å². The van der Waals surface area contributed by atoms with Gasteiger partial charge in [-0.2, -0.15) is 0 Å². The summed E-state index contributed by atoms with van der Waals surface area (Å²) in [6.07, 6.45) is 66.4. The Labute approximate surface area is 412 Å². The Morgan fingerprint density at radius 1 is 0.409 bits per heavy atom. The third-order valence-corrected chi connectivity index (χ3v) is 14.1. The molecule has 0 saturated carbocycles. The molecule has 0 aliphatic heterocycles. The molecule has 0 spiro atoms. The van der Waals surface area contributed by atoms with Gasteiger partial charge in [-0.1, -0.05) is 289 Å². The summed E-state index contributed by atoms with van der Waals surface area (Å²) in [6.45, 7) is 4.92. The molecule has 2 unspecified atom stereocenters. The predicted molar refractivity (Wildman–Crippen MR) is 287 cm³/mol. The van der Waals surface area contributed by atoms with Crippen LogP contribution < -0.4 is 5.32 Å². The summed E-state index contributed by atoms with van der Waals surface area (Å²) < 4.78 is 5.45. The second kappa shape index (κ2) is 56.2. The van der Waals surface area contributed by atoms with Crippen molar-refractivity contribution in [2.75, 3.05) is 13.2 Å². The Kier molecular flexibility index (Phi) is 55.0. The molecule has 0 heterocycles. The molecule has 0 fully saturated rings. The number of amides is 1. The number of aliphatic hydroxyl groups excluding tert-OH is 2. The average Bonchev–Trinajstić information content (AvgIpc) is 3.32. The van der Waals surface area contributed by atoms with E-state index in [4.69, 9.17) is 4.74 Å². The Hall–Kier alpha value is -1.40. The highest BCUT2D eigenvalue weighted by atomic mass is 16.5. The maximum Gasteiger partial charge on any atom is 0.305 e. The molecular formula is C60H117NO5. The van der Waals surface area contributed by atoms with Crippen LogP contribution >= 0.6 is 0 Å². The Morgan fingerprint density at radius 3 is 1.12 bits per heavy atom. The number of aliphatic hydroxyl groups is 2. The number of hydrogen-bond donors (Lipinski definition) is 3. The largest absolute Gasteiger partial charge is 0.466 e. The normalized spacial score (nSPS) is 12.6. The number of carbonyl (C=O) groups is 2. The van der Waals surface area contributed by atoms with Gasteiger partial charge in [-0.05, 0) is 44.9 Å². The van der Waals surface area contributed by atoms with Crippen LogP contribution in [0.4, 0.5) is 0 Å². The molecule has 0 aliphatic rings. The van der Waals surface area contributed by atoms with Crippen LogP contribution in [-0.4, -0.2) is 47.4 Å². The van der Waals surface area contributed by atoms with Crippen molar-refractivity contribution < 1.29 is 24.5 Å². The lowest BCUT2D eigenvalue weighted by Gasteiger charge is -2.22. The summed E-state index contributed by atoms with van der Waals surface area (Å²) in [7, 11) is 0. The molecule has 1 amide bonds. The van der Waals surface area contributed by atoms with Gasteiger partial charge < -0.3 is 20.3 Å². The van der Waals surface area contributed by atoms with Crippen LogP contribution in [0.2, 0.25) is 0 Å². The summed E-state index contributed by atoms with van der Waals surface area (Å²) in [4.78, 5) is 24.5. The van der Waals surface area contributed by atoms with Gasteiger partial charge in [0, 0.05) is 12.8 Å². The zero-order valence-electron chi connectivity index (χ0n) is 44.7. The second-order valence-electron chi connectivity index (χ2n) is 20.7. The quantitative estimate of drug-likeness (QED) is 0.0321. The first-order chi connectivity index (χ1) is 32.5. The van der Waals surface area contributed by atoms with Crippen molar-refractivity contribution in [3.8, 4) is 0 Å². The van der Waals surface area contributed by atoms with E-state index >= 15 is 0 Å². The van der Waals surface area contributed by atoms with Crippen molar-refractivity contribution in [3.63, 3.8) is 0 Å². The van der Waals surface area contributed by atoms with Gasteiger partial charge in [-0.25, -0.2) is 0 Å². The van der Waals surface area contributed by atoms with E-state index in [0.717, 1.165) is 51.4 Å². The molecule has 0 aromatic rings. The van der Waals surface area contributed by atoms with Crippen LogP contribution in [0.1, 0.15) is 335 Å². The third-order valence-electron chi connectivity index (χ3n) is 14.1. The van der Waals surface area contributed by atoms with Gasteiger partial charge in [0.05, 0.1) is 25.4 Å². The van der Waals surface area contributed by atoms with Gasteiger partial charge in [-0.15, -0.1) is 0 Å². The van der Waals surface area contributed by atoms with Gasteiger partial charge in [0.2, 0.25) is 5.91 Å². The van der Waals surface area contributed by atoms with Crippen LogP contribution in [0.3, 0.4) is 0 Å².